The van der Waals surface area contributed by atoms with Crippen molar-refractivity contribution in [2.24, 2.45) is 0 Å². The number of likely N-dealkylation sites (tertiary alicyclic amines) is 1. The van der Waals surface area contributed by atoms with E-state index in [9.17, 15) is 0 Å². The van der Waals surface area contributed by atoms with E-state index in [1.165, 1.54) is 0 Å². The third-order valence-electron chi connectivity index (χ3n) is 4.78. The third kappa shape index (κ3) is 3.44. The zero-order chi connectivity index (χ0) is 16.4. The van der Waals surface area contributed by atoms with Gasteiger partial charge in [-0.2, -0.15) is 0 Å². The lowest BCUT2D eigenvalue weighted by Gasteiger charge is -2.39. The van der Waals surface area contributed by atoms with Crippen molar-refractivity contribution in [1.29, 1.82) is 0 Å². The summed E-state index contributed by atoms with van der Waals surface area (Å²) in [5, 5.41) is 4.11. The second kappa shape index (κ2) is 6.53. The molecule has 2 saturated heterocycles. The summed E-state index contributed by atoms with van der Waals surface area (Å²) in [6.45, 7) is 5.36. The summed E-state index contributed by atoms with van der Waals surface area (Å²) in [5.74, 6) is 1.53. The summed E-state index contributed by atoms with van der Waals surface area (Å²) in [7, 11) is 0. The molecule has 0 amide bonds. The largest absolute Gasteiger partial charge is 0.472 e. The lowest BCUT2D eigenvalue weighted by Crippen LogP contribution is -2.47. The second-order valence-electron chi connectivity index (χ2n) is 6.85. The van der Waals surface area contributed by atoms with Crippen LogP contribution in [0.4, 0.5) is 0 Å². The van der Waals surface area contributed by atoms with Crippen LogP contribution in [0.3, 0.4) is 0 Å². The monoisotopic (exact) mass is 329 g/mol. The number of ether oxygens (including phenoxy) is 2. The number of aryl methyl sites for hydroxylation is 1. The predicted molar refractivity (Wildman–Crippen MR) is 87.7 cm³/mol. The van der Waals surface area contributed by atoms with Gasteiger partial charge in [-0.15, -0.1) is 0 Å². The van der Waals surface area contributed by atoms with Gasteiger partial charge in [0.25, 0.3) is 0 Å². The van der Waals surface area contributed by atoms with E-state index in [1.807, 2.05) is 31.2 Å². The van der Waals surface area contributed by atoms with Gasteiger partial charge in [0, 0.05) is 37.8 Å². The molecule has 0 unspecified atom stereocenters. The molecule has 24 heavy (non-hydrogen) atoms. The van der Waals surface area contributed by atoms with Crippen molar-refractivity contribution in [2.75, 3.05) is 19.7 Å². The highest BCUT2D eigenvalue weighted by Gasteiger charge is 2.44. The summed E-state index contributed by atoms with van der Waals surface area (Å²) in [6, 6.07) is 7.73. The van der Waals surface area contributed by atoms with Crippen LogP contribution in [0.15, 0.2) is 35.0 Å². The molecular formula is C18H23N3O3. The highest BCUT2D eigenvalue weighted by Crippen LogP contribution is 2.36. The molecular weight excluding hydrogens is 306 g/mol. The molecule has 4 heterocycles. The Balaban J connectivity index is 1.36. The molecule has 0 bridgehead atoms. The number of hydrogen-bond acceptors (Lipinski definition) is 6. The minimum absolute atomic E-state index is 0.0779. The standard InChI is InChI=1S/C18H23N3O3/c1-14-9-15(20-24-14)11-21-8-4-6-18(13-21)10-16(12-22-18)23-17-5-2-3-7-19-17/h2-3,5,7,9,16H,4,6,8,10-13H2,1H3/t16-,18-/m0/s1. The summed E-state index contributed by atoms with van der Waals surface area (Å²) in [5.41, 5.74) is 0.889. The zero-order valence-corrected chi connectivity index (χ0v) is 14.0. The van der Waals surface area contributed by atoms with Gasteiger partial charge in [-0.05, 0) is 32.4 Å². The van der Waals surface area contributed by atoms with E-state index in [4.69, 9.17) is 14.0 Å². The van der Waals surface area contributed by atoms with Crippen LogP contribution in [0.5, 0.6) is 5.88 Å². The van der Waals surface area contributed by atoms with Crippen LogP contribution in [-0.4, -0.2) is 46.4 Å². The topological polar surface area (TPSA) is 60.6 Å². The third-order valence-corrected chi connectivity index (χ3v) is 4.78. The minimum Gasteiger partial charge on any atom is -0.472 e. The van der Waals surface area contributed by atoms with Gasteiger partial charge in [0.1, 0.15) is 11.9 Å². The first kappa shape index (κ1) is 15.6. The van der Waals surface area contributed by atoms with E-state index in [1.54, 1.807) is 6.20 Å². The van der Waals surface area contributed by atoms with Crippen molar-refractivity contribution in [1.82, 2.24) is 15.0 Å². The first-order valence-electron chi connectivity index (χ1n) is 8.57. The van der Waals surface area contributed by atoms with Crippen LogP contribution in [0, 0.1) is 6.92 Å². The van der Waals surface area contributed by atoms with Gasteiger partial charge in [-0.3, -0.25) is 4.90 Å². The molecule has 0 saturated carbocycles. The van der Waals surface area contributed by atoms with Gasteiger partial charge in [-0.1, -0.05) is 11.2 Å². The van der Waals surface area contributed by atoms with E-state index < -0.39 is 0 Å². The average Bonchev–Trinajstić information content (AvgIpc) is 3.15. The average molecular weight is 329 g/mol. The molecule has 2 atom stereocenters. The quantitative estimate of drug-likeness (QED) is 0.859. The number of nitrogens with zero attached hydrogens (tertiary/aromatic N) is 3. The number of aromatic nitrogens is 2. The molecule has 6 heteroatoms. The van der Waals surface area contributed by atoms with E-state index in [-0.39, 0.29) is 11.7 Å². The van der Waals surface area contributed by atoms with Crippen molar-refractivity contribution in [3.8, 4) is 5.88 Å². The predicted octanol–water partition coefficient (Wildman–Crippen LogP) is 2.58. The summed E-state index contributed by atoms with van der Waals surface area (Å²) in [4.78, 5) is 6.65. The van der Waals surface area contributed by atoms with Crippen LogP contribution >= 0.6 is 0 Å². The molecule has 2 fully saturated rings. The van der Waals surface area contributed by atoms with Crippen LogP contribution in [0.2, 0.25) is 0 Å². The second-order valence-corrected chi connectivity index (χ2v) is 6.85. The Bertz CT molecular complexity index is 675. The fourth-order valence-electron chi connectivity index (χ4n) is 3.80. The molecule has 0 N–H and O–H groups in total. The van der Waals surface area contributed by atoms with E-state index in [0.717, 1.165) is 50.4 Å². The molecule has 2 aromatic heterocycles. The number of rotatable bonds is 4. The van der Waals surface area contributed by atoms with Gasteiger partial charge in [0.2, 0.25) is 5.88 Å². The minimum atomic E-state index is -0.101. The van der Waals surface area contributed by atoms with Crippen LogP contribution in [-0.2, 0) is 11.3 Å². The van der Waals surface area contributed by atoms with Gasteiger partial charge >= 0.3 is 0 Å². The Morgan fingerprint density at radius 3 is 3.17 bits per heavy atom. The normalized spacial score (nSPS) is 27.6. The summed E-state index contributed by atoms with van der Waals surface area (Å²) < 4.78 is 17.4. The Hall–Kier alpha value is -1.92. The van der Waals surface area contributed by atoms with Crippen molar-refractivity contribution in [2.45, 2.75) is 44.4 Å². The molecule has 1 spiro atoms. The molecule has 128 valence electrons. The summed E-state index contributed by atoms with van der Waals surface area (Å²) in [6.07, 6.45) is 4.96. The van der Waals surface area contributed by atoms with Crippen molar-refractivity contribution in [3.05, 3.63) is 41.9 Å². The fraction of sp³-hybridized carbons (Fsp3) is 0.556. The van der Waals surface area contributed by atoms with Crippen LogP contribution in [0.1, 0.15) is 30.7 Å². The molecule has 6 nitrogen and oxygen atoms in total. The molecule has 4 rings (SSSR count). The van der Waals surface area contributed by atoms with Crippen molar-refractivity contribution >= 4 is 0 Å². The highest BCUT2D eigenvalue weighted by molar-refractivity contribution is 5.11. The molecule has 0 aromatic carbocycles. The molecule has 0 radical (unpaired) electrons. The Kier molecular flexibility index (Phi) is 4.24. The number of hydrogen-bond donors (Lipinski definition) is 0. The van der Waals surface area contributed by atoms with Crippen LogP contribution < -0.4 is 4.74 Å². The first-order chi connectivity index (χ1) is 11.7. The van der Waals surface area contributed by atoms with Gasteiger partial charge in [0.15, 0.2) is 0 Å². The summed E-state index contributed by atoms with van der Waals surface area (Å²) >= 11 is 0. The van der Waals surface area contributed by atoms with Crippen LogP contribution in [0.25, 0.3) is 0 Å². The van der Waals surface area contributed by atoms with Gasteiger partial charge in [0.05, 0.1) is 17.9 Å². The maximum absolute atomic E-state index is 6.20. The fourth-order valence-corrected chi connectivity index (χ4v) is 3.80. The van der Waals surface area contributed by atoms with Gasteiger partial charge < -0.3 is 14.0 Å². The van der Waals surface area contributed by atoms with Crippen molar-refractivity contribution < 1.29 is 14.0 Å². The van der Waals surface area contributed by atoms with Gasteiger partial charge in [-0.25, -0.2) is 4.98 Å². The number of pyridine rings is 1. The Labute approximate surface area is 141 Å². The smallest absolute Gasteiger partial charge is 0.213 e. The highest BCUT2D eigenvalue weighted by atomic mass is 16.6. The zero-order valence-electron chi connectivity index (χ0n) is 14.0. The lowest BCUT2D eigenvalue weighted by atomic mass is 9.89. The molecule has 2 aliphatic rings. The SMILES string of the molecule is Cc1cc(CN2CCC[C@]3(C[C@H](Oc4ccccn4)CO3)C2)no1. The first-order valence-corrected chi connectivity index (χ1v) is 8.57. The maximum Gasteiger partial charge on any atom is 0.213 e. The van der Waals surface area contributed by atoms with E-state index in [2.05, 4.69) is 15.0 Å². The van der Waals surface area contributed by atoms with E-state index >= 15 is 0 Å². The molecule has 2 aliphatic heterocycles. The maximum atomic E-state index is 6.20. The van der Waals surface area contributed by atoms with E-state index in [0.29, 0.717) is 12.5 Å². The molecule has 2 aromatic rings. The Morgan fingerprint density at radius 2 is 2.38 bits per heavy atom. The van der Waals surface area contributed by atoms with Crippen molar-refractivity contribution in [3.63, 3.8) is 0 Å². The number of piperidine rings is 1. The Morgan fingerprint density at radius 1 is 1.42 bits per heavy atom. The lowest BCUT2D eigenvalue weighted by molar-refractivity contribution is -0.0542. The molecule has 0 aliphatic carbocycles.